The molecule has 0 bridgehead atoms. The fraction of sp³-hybridized carbons (Fsp3) is 0.421. The van der Waals surface area contributed by atoms with Crippen LogP contribution in [0.5, 0.6) is 0 Å². The van der Waals surface area contributed by atoms with Crippen LogP contribution in [0.2, 0.25) is 0 Å². The third-order valence-electron chi connectivity index (χ3n) is 4.44. The van der Waals surface area contributed by atoms with Crippen molar-refractivity contribution in [2.75, 3.05) is 18.4 Å². The Hall–Kier alpha value is -2.83. The van der Waals surface area contributed by atoms with Gasteiger partial charge in [0.2, 0.25) is 5.91 Å². The highest BCUT2D eigenvalue weighted by atomic mass is 16.2. The number of aromatic nitrogens is 2. The molecule has 2 rings (SSSR count). The van der Waals surface area contributed by atoms with Crippen LogP contribution in [0.3, 0.4) is 0 Å². The maximum atomic E-state index is 12.3. The van der Waals surface area contributed by atoms with Crippen molar-refractivity contribution < 1.29 is 4.79 Å². The molecular weight excluding hydrogens is 332 g/mol. The van der Waals surface area contributed by atoms with E-state index in [1.807, 2.05) is 39.0 Å². The molecule has 0 saturated carbocycles. The summed E-state index contributed by atoms with van der Waals surface area (Å²) >= 11 is 0. The van der Waals surface area contributed by atoms with Gasteiger partial charge in [0.25, 0.3) is 5.56 Å². The van der Waals surface area contributed by atoms with Gasteiger partial charge in [0.05, 0.1) is 0 Å². The van der Waals surface area contributed by atoms with Gasteiger partial charge in [-0.15, -0.1) is 0 Å². The molecule has 26 heavy (non-hydrogen) atoms. The second-order valence-corrected chi connectivity index (χ2v) is 6.10. The molecule has 0 atom stereocenters. The number of amides is 1. The monoisotopic (exact) mass is 358 g/mol. The maximum Gasteiger partial charge on any atom is 0.330 e. The topological polar surface area (TPSA) is 87.2 Å². The van der Waals surface area contributed by atoms with E-state index in [2.05, 4.69) is 17.2 Å². The first-order valence-electron chi connectivity index (χ1n) is 8.88. The Morgan fingerprint density at radius 3 is 2.42 bits per heavy atom. The van der Waals surface area contributed by atoms with E-state index in [9.17, 15) is 14.4 Å². The number of aryl methyl sites for hydroxylation is 2. The lowest BCUT2D eigenvalue weighted by Gasteiger charge is -2.18. The first-order valence-corrected chi connectivity index (χ1v) is 8.88. The molecule has 1 aromatic carbocycles. The highest BCUT2D eigenvalue weighted by Gasteiger charge is 2.14. The highest BCUT2D eigenvalue weighted by molar-refractivity contribution is 5.75. The maximum absolute atomic E-state index is 12.3. The summed E-state index contributed by atoms with van der Waals surface area (Å²) in [6.07, 6.45) is 0.896. The van der Waals surface area contributed by atoms with E-state index in [1.165, 1.54) is 17.2 Å². The smallest absolute Gasteiger partial charge is 0.330 e. The molecule has 2 aromatic rings. The van der Waals surface area contributed by atoms with Gasteiger partial charge >= 0.3 is 5.69 Å². The normalized spacial score (nSPS) is 10.6. The number of aromatic amines is 1. The van der Waals surface area contributed by atoms with Crippen LogP contribution >= 0.6 is 0 Å². The average molecular weight is 358 g/mol. The third-order valence-corrected chi connectivity index (χ3v) is 4.44. The van der Waals surface area contributed by atoms with Crippen molar-refractivity contribution in [1.29, 1.82) is 0 Å². The molecule has 2 N–H and O–H groups in total. The molecule has 0 spiro atoms. The average Bonchev–Trinajstić information content (AvgIpc) is 2.61. The largest absolute Gasteiger partial charge is 0.342 e. The highest BCUT2D eigenvalue weighted by Crippen LogP contribution is 2.18. The van der Waals surface area contributed by atoms with Crippen LogP contribution in [0.1, 0.15) is 31.9 Å². The summed E-state index contributed by atoms with van der Waals surface area (Å²) in [4.78, 5) is 40.9. The second-order valence-electron chi connectivity index (χ2n) is 6.10. The predicted molar refractivity (Wildman–Crippen MR) is 103 cm³/mol. The number of H-pyrrole nitrogens is 1. The zero-order valence-electron chi connectivity index (χ0n) is 15.8. The van der Waals surface area contributed by atoms with Crippen LogP contribution in [-0.4, -0.2) is 33.4 Å². The lowest BCUT2D eigenvalue weighted by Crippen LogP contribution is -2.42. The van der Waals surface area contributed by atoms with Crippen molar-refractivity contribution in [3.8, 4) is 0 Å². The van der Waals surface area contributed by atoms with Gasteiger partial charge in [0, 0.05) is 24.8 Å². The summed E-state index contributed by atoms with van der Waals surface area (Å²) in [5, 5.41) is 3.05. The van der Waals surface area contributed by atoms with Gasteiger partial charge in [-0.1, -0.05) is 13.0 Å². The van der Waals surface area contributed by atoms with Crippen molar-refractivity contribution in [2.24, 2.45) is 0 Å². The van der Waals surface area contributed by atoms with Crippen LogP contribution in [0, 0.1) is 6.92 Å². The molecule has 0 aliphatic heterocycles. The van der Waals surface area contributed by atoms with Gasteiger partial charge in [-0.2, -0.15) is 0 Å². The standard InChI is InChI=1S/C19H26N4O3/c1-5-14-10-15(9-8-13(14)4)20-16-11-17(24)23(19(26)21-16)12-18(25)22(6-2)7-3/h8-11,20H,5-7,12H2,1-4H3,(H,21,26). The van der Waals surface area contributed by atoms with Gasteiger partial charge in [-0.25, -0.2) is 4.79 Å². The van der Waals surface area contributed by atoms with Crippen molar-refractivity contribution in [3.63, 3.8) is 0 Å². The Kier molecular flexibility index (Phi) is 6.38. The van der Waals surface area contributed by atoms with Crippen molar-refractivity contribution >= 4 is 17.4 Å². The molecule has 7 heteroatoms. The summed E-state index contributed by atoms with van der Waals surface area (Å²) < 4.78 is 0.915. The molecule has 0 saturated heterocycles. The van der Waals surface area contributed by atoms with E-state index in [-0.39, 0.29) is 12.5 Å². The van der Waals surface area contributed by atoms with E-state index >= 15 is 0 Å². The van der Waals surface area contributed by atoms with Crippen LogP contribution in [0.4, 0.5) is 11.5 Å². The van der Waals surface area contributed by atoms with E-state index in [4.69, 9.17) is 0 Å². The summed E-state index contributed by atoms with van der Waals surface area (Å²) in [5.74, 6) is 0.0480. The van der Waals surface area contributed by atoms with E-state index < -0.39 is 11.2 Å². The first kappa shape index (κ1) is 19.5. The SMILES string of the molecule is CCc1cc(Nc2cc(=O)n(CC(=O)N(CC)CC)c(=O)[nH]2)ccc1C. The summed E-state index contributed by atoms with van der Waals surface area (Å²) in [6.45, 7) is 8.63. The molecule has 0 unspecified atom stereocenters. The number of carbonyl (C=O) groups is 1. The van der Waals surface area contributed by atoms with Crippen molar-refractivity contribution in [1.82, 2.24) is 14.5 Å². The number of benzene rings is 1. The lowest BCUT2D eigenvalue weighted by atomic mass is 10.1. The van der Waals surface area contributed by atoms with Crippen molar-refractivity contribution in [3.05, 3.63) is 56.2 Å². The number of nitrogens with one attached hydrogen (secondary N) is 2. The van der Waals surface area contributed by atoms with E-state index in [0.29, 0.717) is 18.9 Å². The Morgan fingerprint density at radius 1 is 1.15 bits per heavy atom. The van der Waals surface area contributed by atoms with Crippen molar-refractivity contribution in [2.45, 2.75) is 40.7 Å². The number of hydrogen-bond donors (Lipinski definition) is 2. The number of anilines is 2. The van der Waals surface area contributed by atoms with Crippen LogP contribution in [0.15, 0.2) is 33.9 Å². The van der Waals surface area contributed by atoms with E-state index in [1.54, 1.807) is 4.90 Å². The minimum atomic E-state index is -0.608. The van der Waals surface area contributed by atoms with Crippen LogP contribution < -0.4 is 16.6 Å². The molecule has 0 aliphatic rings. The lowest BCUT2D eigenvalue weighted by molar-refractivity contribution is -0.131. The van der Waals surface area contributed by atoms with Gasteiger partial charge in [-0.05, 0) is 50.5 Å². The summed E-state index contributed by atoms with van der Waals surface area (Å²) in [6, 6.07) is 7.16. The Morgan fingerprint density at radius 2 is 1.85 bits per heavy atom. The number of nitrogens with zero attached hydrogens (tertiary/aromatic N) is 2. The molecular formula is C19H26N4O3. The number of rotatable bonds is 7. The molecule has 140 valence electrons. The molecule has 0 aliphatic carbocycles. The van der Waals surface area contributed by atoms with Gasteiger partial charge in [-0.3, -0.25) is 19.1 Å². The van der Waals surface area contributed by atoms with Gasteiger partial charge < -0.3 is 10.2 Å². The fourth-order valence-corrected chi connectivity index (χ4v) is 2.83. The Balaban J connectivity index is 2.25. The zero-order valence-corrected chi connectivity index (χ0v) is 15.8. The molecule has 1 amide bonds. The number of carbonyl (C=O) groups excluding carboxylic acids is 1. The van der Waals surface area contributed by atoms with Crippen LogP contribution in [0.25, 0.3) is 0 Å². The minimum Gasteiger partial charge on any atom is -0.342 e. The molecule has 1 heterocycles. The predicted octanol–water partition coefficient (Wildman–Crippen LogP) is 2.02. The summed E-state index contributed by atoms with van der Waals surface area (Å²) in [7, 11) is 0. The molecule has 7 nitrogen and oxygen atoms in total. The second kappa shape index (κ2) is 8.51. The number of hydrogen-bond acceptors (Lipinski definition) is 4. The fourth-order valence-electron chi connectivity index (χ4n) is 2.83. The van der Waals surface area contributed by atoms with Gasteiger partial charge in [0.1, 0.15) is 12.4 Å². The first-order chi connectivity index (χ1) is 12.4. The van der Waals surface area contributed by atoms with E-state index in [0.717, 1.165) is 16.7 Å². The zero-order chi connectivity index (χ0) is 19.3. The molecule has 0 radical (unpaired) electrons. The number of likely N-dealkylation sites (N-methyl/N-ethyl adjacent to an activating group) is 1. The molecule has 1 aromatic heterocycles. The Labute approximate surface area is 152 Å². The van der Waals surface area contributed by atoms with Gasteiger partial charge in [0.15, 0.2) is 0 Å². The molecule has 0 fully saturated rings. The minimum absolute atomic E-state index is 0.255. The summed E-state index contributed by atoms with van der Waals surface area (Å²) in [5.41, 5.74) is 2.05. The third kappa shape index (κ3) is 4.41. The van der Waals surface area contributed by atoms with Crippen LogP contribution in [-0.2, 0) is 17.8 Å². The quantitative estimate of drug-likeness (QED) is 0.793. The Bertz CT molecular complexity index is 863.